The van der Waals surface area contributed by atoms with Crippen LogP contribution in [0.15, 0.2) is 52.4 Å². The van der Waals surface area contributed by atoms with Crippen molar-refractivity contribution in [1.29, 1.82) is 0 Å². The molecule has 7 nitrogen and oxygen atoms in total. The van der Waals surface area contributed by atoms with Gasteiger partial charge in [-0.05, 0) is 41.8 Å². The highest BCUT2D eigenvalue weighted by molar-refractivity contribution is 7.98. The van der Waals surface area contributed by atoms with Crippen molar-refractivity contribution in [1.82, 2.24) is 9.97 Å². The Balaban J connectivity index is 1.62. The lowest BCUT2D eigenvalue weighted by Gasteiger charge is -2.25. The van der Waals surface area contributed by atoms with Gasteiger partial charge in [-0.3, -0.25) is 9.59 Å². The van der Waals surface area contributed by atoms with Crippen LogP contribution in [-0.4, -0.2) is 29.6 Å². The number of carbonyl (C=O) groups excluding carboxylic acids is 1. The highest BCUT2D eigenvalue weighted by Crippen LogP contribution is 2.38. The normalized spacial score (nSPS) is 15.0. The van der Waals surface area contributed by atoms with Crippen LogP contribution in [0.3, 0.4) is 0 Å². The number of hydrogen-bond acceptors (Lipinski definition) is 6. The molecular formula is C24H24FN3O4S. The van der Waals surface area contributed by atoms with Crippen LogP contribution in [-0.2, 0) is 10.5 Å². The third-order valence-electron chi connectivity index (χ3n) is 5.27. The predicted octanol–water partition coefficient (Wildman–Crippen LogP) is 4.47. The Hall–Kier alpha value is -3.33. The quantitative estimate of drug-likeness (QED) is 0.373. The monoisotopic (exact) mass is 469 g/mol. The molecule has 0 radical (unpaired) electrons. The Morgan fingerprint density at radius 3 is 2.67 bits per heavy atom. The molecule has 1 amide bonds. The molecule has 2 N–H and O–H groups in total. The predicted molar refractivity (Wildman–Crippen MR) is 125 cm³/mol. The summed E-state index contributed by atoms with van der Waals surface area (Å²) in [6.45, 7) is 2.58. The zero-order valence-electron chi connectivity index (χ0n) is 18.3. The van der Waals surface area contributed by atoms with Crippen molar-refractivity contribution in [3.05, 3.63) is 75.3 Å². The number of aromatic nitrogens is 2. The SMILES string of the molecule is CCCOc1ccc(C2CC(=O)Nc3nc(SCc4ccc(F)cc4)[nH]c(=O)c32)cc1OC. The molecular weight excluding hydrogens is 445 g/mol. The summed E-state index contributed by atoms with van der Waals surface area (Å²) in [7, 11) is 1.55. The number of anilines is 1. The molecule has 3 aromatic rings. The number of methoxy groups -OCH3 is 1. The highest BCUT2D eigenvalue weighted by atomic mass is 32.2. The van der Waals surface area contributed by atoms with E-state index in [-0.39, 0.29) is 29.5 Å². The molecule has 4 rings (SSSR count). The molecule has 0 saturated carbocycles. The second-order valence-electron chi connectivity index (χ2n) is 7.61. The smallest absolute Gasteiger partial charge is 0.257 e. The molecule has 0 spiro atoms. The number of fused-ring (bicyclic) bond motifs is 1. The molecule has 1 aromatic heterocycles. The van der Waals surface area contributed by atoms with Crippen molar-refractivity contribution in [2.75, 3.05) is 19.0 Å². The fraction of sp³-hybridized carbons (Fsp3) is 0.292. The molecule has 33 heavy (non-hydrogen) atoms. The van der Waals surface area contributed by atoms with Gasteiger partial charge < -0.3 is 19.8 Å². The highest BCUT2D eigenvalue weighted by Gasteiger charge is 2.31. The van der Waals surface area contributed by atoms with Crippen LogP contribution in [0.5, 0.6) is 11.5 Å². The summed E-state index contributed by atoms with van der Waals surface area (Å²) in [5.41, 5.74) is 1.76. The first-order valence-corrected chi connectivity index (χ1v) is 11.6. The largest absolute Gasteiger partial charge is 0.493 e. The van der Waals surface area contributed by atoms with Crippen molar-refractivity contribution in [2.45, 2.75) is 36.6 Å². The summed E-state index contributed by atoms with van der Waals surface area (Å²) in [5.74, 6) is 0.926. The maximum atomic E-state index is 13.1. The minimum absolute atomic E-state index is 0.123. The molecule has 2 heterocycles. The number of aromatic amines is 1. The molecule has 0 bridgehead atoms. The molecule has 1 aliphatic rings. The van der Waals surface area contributed by atoms with Crippen molar-refractivity contribution in [3.8, 4) is 11.5 Å². The number of amides is 1. The van der Waals surface area contributed by atoms with Gasteiger partial charge >= 0.3 is 0 Å². The Morgan fingerprint density at radius 2 is 1.94 bits per heavy atom. The summed E-state index contributed by atoms with van der Waals surface area (Å²) < 4.78 is 24.3. The van der Waals surface area contributed by atoms with Crippen LogP contribution in [0, 0.1) is 5.82 Å². The molecule has 2 aromatic carbocycles. The molecule has 0 fully saturated rings. The van der Waals surface area contributed by atoms with Crippen molar-refractivity contribution in [2.24, 2.45) is 0 Å². The van der Waals surface area contributed by atoms with Crippen LogP contribution >= 0.6 is 11.8 Å². The van der Waals surface area contributed by atoms with E-state index in [9.17, 15) is 14.0 Å². The van der Waals surface area contributed by atoms with E-state index in [1.807, 2.05) is 13.0 Å². The number of nitrogens with zero attached hydrogens (tertiary/aromatic N) is 1. The van der Waals surface area contributed by atoms with Crippen molar-refractivity contribution in [3.63, 3.8) is 0 Å². The zero-order chi connectivity index (χ0) is 23.4. The Morgan fingerprint density at radius 1 is 1.15 bits per heavy atom. The molecule has 172 valence electrons. The van der Waals surface area contributed by atoms with Gasteiger partial charge in [-0.2, -0.15) is 0 Å². The van der Waals surface area contributed by atoms with Gasteiger partial charge in [0.05, 0.1) is 19.3 Å². The number of halogens is 1. The Kier molecular flexibility index (Phi) is 6.98. The number of thioether (sulfide) groups is 1. The van der Waals surface area contributed by atoms with Gasteiger partial charge in [-0.15, -0.1) is 0 Å². The Bertz CT molecular complexity index is 1210. The minimum Gasteiger partial charge on any atom is -0.493 e. The van der Waals surface area contributed by atoms with Crippen molar-refractivity contribution < 1.29 is 18.7 Å². The fourth-order valence-corrected chi connectivity index (χ4v) is 4.48. The van der Waals surface area contributed by atoms with E-state index in [2.05, 4.69) is 15.3 Å². The van der Waals surface area contributed by atoms with E-state index in [0.29, 0.717) is 34.6 Å². The first-order chi connectivity index (χ1) is 16.0. The zero-order valence-corrected chi connectivity index (χ0v) is 19.1. The van der Waals surface area contributed by atoms with Gasteiger partial charge in [0.2, 0.25) is 5.91 Å². The summed E-state index contributed by atoms with van der Waals surface area (Å²) in [6.07, 6.45) is 0.988. The minimum atomic E-state index is -0.463. The molecule has 1 atom stereocenters. The lowest BCUT2D eigenvalue weighted by Crippen LogP contribution is -2.31. The summed E-state index contributed by atoms with van der Waals surface area (Å²) in [5, 5.41) is 3.11. The maximum absolute atomic E-state index is 13.1. The van der Waals surface area contributed by atoms with Gasteiger partial charge in [-0.25, -0.2) is 9.37 Å². The Labute approximate surface area is 194 Å². The van der Waals surface area contributed by atoms with E-state index in [4.69, 9.17) is 9.47 Å². The lowest BCUT2D eigenvalue weighted by atomic mass is 9.86. The van der Waals surface area contributed by atoms with Gasteiger partial charge in [0.15, 0.2) is 16.7 Å². The summed E-state index contributed by atoms with van der Waals surface area (Å²) >= 11 is 1.30. The molecule has 1 aliphatic heterocycles. The third kappa shape index (κ3) is 5.19. The molecule has 1 unspecified atom stereocenters. The van der Waals surface area contributed by atoms with Gasteiger partial charge in [-0.1, -0.05) is 36.9 Å². The van der Waals surface area contributed by atoms with E-state index >= 15 is 0 Å². The average molecular weight is 470 g/mol. The van der Waals surface area contributed by atoms with E-state index in [0.717, 1.165) is 17.5 Å². The number of benzene rings is 2. The molecule has 9 heteroatoms. The standard InChI is InChI=1S/C24H24FN3O4S/c1-3-10-32-18-9-6-15(11-19(18)31-2)17-12-20(29)26-22-21(17)23(30)28-24(27-22)33-13-14-4-7-16(25)8-5-14/h4-9,11,17H,3,10,12-13H2,1-2H3,(H2,26,27,28,29,30). The molecule has 0 saturated heterocycles. The lowest BCUT2D eigenvalue weighted by molar-refractivity contribution is -0.116. The average Bonchev–Trinajstić information content (AvgIpc) is 2.81. The molecule has 0 aliphatic carbocycles. The number of H-pyrrole nitrogens is 1. The van der Waals surface area contributed by atoms with E-state index in [1.54, 1.807) is 31.4 Å². The topological polar surface area (TPSA) is 93.3 Å². The van der Waals surface area contributed by atoms with Crippen molar-refractivity contribution >= 4 is 23.5 Å². The fourth-order valence-electron chi connectivity index (χ4n) is 3.67. The second kappa shape index (κ2) is 10.1. The number of rotatable bonds is 8. The summed E-state index contributed by atoms with van der Waals surface area (Å²) in [6, 6.07) is 11.6. The van der Waals surface area contributed by atoms with Crippen LogP contribution in [0.2, 0.25) is 0 Å². The van der Waals surface area contributed by atoms with Gasteiger partial charge in [0.1, 0.15) is 11.6 Å². The number of nitrogens with one attached hydrogen (secondary N) is 2. The number of carbonyl (C=O) groups is 1. The van der Waals surface area contributed by atoms with Gasteiger partial charge in [0.25, 0.3) is 5.56 Å². The maximum Gasteiger partial charge on any atom is 0.257 e. The van der Waals surface area contributed by atoms with E-state index < -0.39 is 5.92 Å². The van der Waals surface area contributed by atoms with Crippen LogP contribution in [0.25, 0.3) is 0 Å². The van der Waals surface area contributed by atoms with Gasteiger partial charge in [0, 0.05) is 18.1 Å². The first-order valence-electron chi connectivity index (χ1n) is 10.6. The third-order valence-corrected chi connectivity index (χ3v) is 6.21. The summed E-state index contributed by atoms with van der Waals surface area (Å²) in [4.78, 5) is 32.8. The second-order valence-corrected chi connectivity index (χ2v) is 8.58. The van der Waals surface area contributed by atoms with Crippen LogP contribution in [0.1, 0.15) is 42.4 Å². The number of hydrogen-bond donors (Lipinski definition) is 2. The van der Waals surface area contributed by atoms with Crippen LogP contribution < -0.4 is 20.3 Å². The first kappa shape index (κ1) is 22.8. The van der Waals surface area contributed by atoms with E-state index in [1.165, 1.54) is 23.9 Å². The van der Waals surface area contributed by atoms with Crippen LogP contribution in [0.4, 0.5) is 10.2 Å². The number of ether oxygens (including phenoxy) is 2.